The number of carbonyl (C=O) groups is 1. The number of carboxylic acids is 1. The fraction of sp³-hybridized carbons (Fsp3) is 0.917. The third-order valence-corrected chi connectivity index (χ3v) is 2.91. The van der Waals surface area contributed by atoms with Gasteiger partial charge in [0.25, 0.3) is 0 Å². The van der Waals surface area contributed by atoms with Crippen LogP contribution < -0.4 is 5.32 Å². The molecule has 0 aliphatic carbocycles. The van der Waals surface area contributed by atoms with E-state index in [-0.39, 0.29) is 0 Å². The average molecular weight is 231 g/mol. The molecule has 96 valence electrons. The number of hydrogen-bond acceptors (Lipinski definition) is 3. The van der Waals surface area contributed by atoms with E-state index in [1.807, 2.05) is 0 Å². The highest BCUT2D eigenvalue weighted by Gasteiger charge is 2.30. The second kappa shape index (κ2) is 8.53. The summed E-state index contributed by atoms with van der Waals surface area (Å²) in [5.41, 5.74) is -0.872. The van der Waals surface area contributed by atoms with Crippen LogP contribution in [-0.2, 0) is 9.53 Å². The van der Waals surface area contributed by atoms with E-state index in [0.717, 1.165) is 13.0 Å². The van der Waals surface area contributed by atoms with Gasteiger partial charge in [-0.25, -0.2) is 0 Å². The first-order chi connectivity index (χ1) is 7.56. The molecule has 4 nitrogen and oxygen atoms in total. The Morgan fingerprint density at radius 3 is 2.50 bits per heavy atom. The standard InChI is InChI=1S/C12H25NO3/c1-4-5-6-7-9-16-10-8-12(2,13-3)11(14)15/h13H,4-10H2,1-3H3,(H,14,15). The van der Waals surface area contributed by atoms with Crippen LogP contribution in [0.15, 0.2) is 0 Å². The first-order valence-corrected chi connectivity index (χ1v) is 6.07. The van der Waals surface area contributed by atoms with Crippen LogP contribution in [0.25, 0.3) is 0 Å². The first kappa shape index (κ1) is 15.4. The van der Waals surface area contributed by atoms with Gasteiger partial charge in [0, 0.05) is 13.2 Å². The molecule has 0 spiro atoms. The summed E-state index contributed by atoms with van der Waals surface area (Å²) in [5.74, 6) is -0.829. The molecule has 1 atom stereocenters. The number of unbranched alkanes of at least 4 members (excludes halogenated alkanes) is 3. The van der Waals surface area contributed by atoms with Gasteiger partial charge in [0.15, 0.2) is 0 Å². The highest BCUT2D eigenvalue weighted by Crippen LogP contribution is 2.09. The van der Waals surface area contributed by atoms with Gasteiger partial charge in [-0.15, -0.1) is 0 Å². The Kier molecular flexibility index (Phi) is 8.21. The number of hydrogen-bond donors (Lipinski definition) is 2. The zero-order valence-corrected chi connectivity index (χ0v) is 10.7. The molecule has 0 fully saturated rings. The Bertz CT molecular complexity index is 197. The molecule has 0 saturated carbocycles. The van der Waals surface area contributed by atoms with E-state index in [1.54, 1.807) is 14.0 Å². The molecule has 0 amide bonds. The number of nitrogens with one attached hydrogen (secondary N) is 1. The fourth-order valence-electron chi connectivity index (χ4n) is 1.35. The highest BCUT2D eigenvalue weighted by molar-refractivity contribution is 5.78. The Morgan fingerprint density at radius 2 is 2.00 bits per heavy atom. The second-order valence-electron chi connectivity index (χ2n) is 4.31. The smallest absolute Gasteiger partial charge is 0.323 e. The summed E-state index contributed by atoms with van der Waals surface area (Å²) in [6.07, 6.45) is 5.21. The molecular formula is C12H25NO3. The Labute approximate surface area is 98.4 Å². The van der Waals surface area contributed by atoms with Crippen molar-refractivity contribution in [3.8, 4) is 0 Å². The van der Waals surface area contributed by atoms with E-state index >= 15 is 0 Å². The summed E-state index contributed by atoms with van der Waals surface area (Å²) < 4.78 is 5.42. The summed E-state index contributed by atoms with van der Waals surface area (Å²) in [6.45, 7) is 5.08. The van der Waals surface area contributed by atoms with Crippen LogP contribution in [0.2, 0.25) is 0 Å². The molecular weight excluding hydrogens is 206 g/mol. The predicted molar refractivity (Wildman–Crippen MR) is 64.7 cm³/mol. The molecule has 1 unspecified atom stereocenters. The van der Waals surface area contributed by atoms with E-state index in [2.05, 4.69) is 12.2 Å². The van der Waals surface area contributed by atoms with Gasteiger partial charge in [0.2, 0.25) is 0 Å². The zero-order valence-electron chi connectivity index (χ0n) is 10.7. The summed E-state index contributed by atoms with van der Waals surface area (Å²) in [7, 11) is 1.66. The van der Waals surface area contributed by atoms with Gasteiger partial charge in [-0.1, -0.05) is 26.2 Å². The number of ether oxygens (including phenoxy) is 1. The maximum Gasteiger partial charge on any atom is 0.323 e. The van der Waals surface area contributed by atoms with Crippen molar-refractivity contribution in [2.45, 2.75) is 51.5 Å². The number of carboxylic acid groups (broad SMARTS) is 1. The highest BCUT2D eigenvalue weighted by atomic mass is 16.5. The Morgan fingerprint density at radius 1 is 1.31 bits per heavy atom. The Hall–Kier alpha value is -0.610. The number of rotatable bonds is 10. The molecule has 0 aromatic rings. The van der Waals surface area contributed by atoms with Gasteiger partial charge in [-0.2, -0.15) is 0 Å². The molecule has 4 heteroatoms. The van der Waals surface area contributed by atoms with Crippen molar-refractivity contribution in [2.75, 3.05) is 20.3 Å². The van der Waals surface area contributed by atoms with Crippen LogP contribution in [-0.4, -0.2) is 36.9 Å². The van der Waals surface area contributed by atoms with Crippen molar-refractivity contribution < 1.29 is 14.6 Å². The third kappa shape index (κ3) is 6.08. The van der Waals surface area contributed by atoms with Crippen LogP contribution in [0.4, 0.5) is 0 Å². The summed E-state index contributed by atoms with van der Waals surface area (Å²) >= 11 is 0. The second-order valence-corrected chi connectivity index (χ2v) is 4.31. The Balaban J connectivity index is 3.53. The number of likely N-dealkylation sites (N-methyl/N-ethyl adjacent to an activating group) is 1. The van der Waals surface area contributed by atoms with E-state index < -0.39 is 11.5 Å². The molecule has 0 aromatic carbocycles. The first-order valence-electron chi connectivity index (χ1n) is 6.07. The molecule has 0 aromatic heterocycles. The van der Waals surface area contributed by atoms with E-state index in [4.69, 9.17) is 9.84 Å². The summed E-state index contributed by atoms with van der Waals surface area (Å²) in [6, 6.07) is 0. The third-order valence-electron chi connectivity index (χ3n) is 2.91. The predicted octanol–water partition coefficient (Wildman–Crippen LogP) is 2.04. The lowest BCUT2D eigenvalue weighted by molar-refractivity contribution is -0.144. The van der Waals surface area contributed by atoms with Gasteiger partial charge in [0.1, 0.15) is 5.54 Å². The fourth-order valence-corrected chi connectivity index (χ4v) is 1.35. The molecule has 0 rings (SSSR count). The lowest BCUT2D eigenvalue weighted by Gasteiger charge is -2.23. The van der Waals surface area contributed by atoms with Crippen molar-refractivity contribution in [3.05, 3.63) is 0 Å². The lowest BCUT2D eigenvalue weighted by atomic mass is 9.99. The number of aliphatic carboxylic acids is 1. The van der Waals surface area contributed by atoms with Crippen molar-refractivity contribution in [2.24, 2.45) is 0 Å². The van der Waals surface area contributed by atoms with Crippen LogP contribution in [0, 0.1) is 0 Å². The maximum atomic E-state index is 10.9. The normalized spacial score (nSPS) is 14.7. The molecule has 0 aliphatic heterocycles. The van der Waals surface area contributed by atoms with Crippen LogP contribution in [0.1, 0.15) is 46.0 Å². The van der Waals surface area contributed by atoms with E-state index in [0.29, 0.717) is 13.0 Å². The molecule has 0 radical (unpaired) electrons. The van der Waals surface area contributed by atoms with Gasteiger partial charge in [-0.3, -0.25) is 4.79 Å². The lowest BCUT2D eigenvalue weighted by Crippen LogP contribution is -2.48. The van der Waals surface area contributed by atoms with Gasteiger partial charge >= 0.3 is 5.97 Å². The molecule has 0 aliphatic rings. The topological polar surface area (TPSA) is 58.6 Å². The largest absolute Gasteiger partial charge is 0.480 e. The van der Waals surface area contributed by atoms with Crippen molar-refractivity contribution in [1.82, 2.24) is 5.32 Å². The van der Waals surface area contributed by atoms with Crippen LogP contribution >= 0.6 is 0 Å². The van der Waals surface area contributed by atoms with Crippen LogP contribution in [0.5, 0.6) is 0 Å². The van der Waals surface area contributed by atoms with E-state index in [9.17, 15) is 4.79 Å². The van der Waals surface area contributed by atoms with Crippen LogP contribution in [0.3, 0.4) is 0 Å². The quantitative estimate of drug-likeness (QED) is 0.565. The van der Waals surface area contributed by atoms with E-state index in [1.165, 1.54) is 19.3 Å². The minimum absolute atomic E-state index is 0.493. The molecule has 0 heterocycles. The molecule has 0 bridgehead atoms. The summed E-state index contributed by atoms with van der Waals surface area (Å²) in [5, 5.41) is 11.8. The molecule has 0 saturated heterocycles. The zero-order chi connectivity index (χ0) is 12.4. The van der Waals surface area contributed by atoms with Crippen molar-refractivity contribution >= 4 is 5.97 Å². The van der Waals surface area contributed by atoms with Crippen molar-refractivity contribution in [1.29, 1.82) is 0 Å². The van der Waals surface area contributed by atoms with Gasteiger partial charge in [0.05, 0.1) is 0 Å². The SMILES string of the molecule is CCCCCCOCCC(C)(NC)C(=O)O. The van der Waals surface area contributed by atoms with Gasteiger partial charge < -0.3 is 15.2 Å². The molecule has 16 heavy (non-hydrogen) atoms. The minimum Gasteiger partial charge on any atom is -0.480 e. The monoisotopic (exact) mass is 231 g/mol. The molecule has 2 N–H and O–H groups in total. The maximum absolute atomic E-state index is 10.9. The van der Waals surface area contributed by atoms with Crippen molar-refractivity contribution in [3.63, 3.8) is 0 Å². The minimum atomic E-state index is -0.872. The summed E-state index contributed by atoms with van der Waals surface area (Å²) in [4.78, 5) is 10.9. The average Bonchev–Trinajstić information content (AvgIpc) is 2.27. The van der Waals surface area contributed by atoms with Gasteiger partial charge in [-0.05, 0) is 26.8 Å².